The zero-order chi connectivity index (χ0) is 19.8. The molecule has 0 spiro atoms. The number of benzene rings is 2. The number of hydrogen-bond donors (Lipinski definition) is 2. The largest absolute Gasteiger partial charge is 0.484 e. The minimum Gasteiger partial charge on any atom is -0.484 e. The number of imidazole rings is 1. The summed E-state index contributed by atoms with van der Waals surface area (Å²) in [7, 11) is 0. The molecule has 6 heteroatoms. The van der Waals surface area contributed by atoms with Crippen LogP contribution in [0.5, 0.6) is 5.75 Å². The maximum absolute atomic E-state index is 12.4. The lowest BCUT2D eigenvalue weighted by Crippen LogP contribution is -2.31. The number of H-pyrrole nitrogens is 1. The number of nitrogens with one attached hydrogen (secondary N) is 2. The SMILES string of the molecule is CC(NC(=O)COc1ccc2oc3c(c2c1)CCCC3)c1nc2ccccc2[nH]1. The van der Waals surface area contributed by atoms with Crippen LogP contribution >= 0.6 is 0 Å². The quantitative estimate of drug-likeness (QED) is 0.529. The van der Waals surface area contributed by atoms with Crippen molar-refractivity contribution in [2.45, 2.75) is 38.6 Å². The predicted molar refractivity (Wildman–Crippen MR) is 111 cm³/mol. The van der Waals surface area contributed by atoms with Crippen LogP contribution in [0.3, 0.4) is 0 Å². The number of hydrogen-bond acceptors (Lipinski definition) is 4. The zero-order valence-corrected chi connectivity index (χ0v) is 16.3. The summed E-state index contributed by atoms with van der Waals surface area (Å²) in [4.78, 5) is 20.1. The van der Waals surface area contributed by atoms with Crippen molar-refractivity contribution in [3.8, 4) is 5.75 Å². The molecule has 0 radical (unpaired) electrons. The van der Waals surface area contributed by atoms with E-state index in [9.17, 15) is 4.79 Å². The van der Waals surface area contributed by atoms with E-state index < -0.39 is 0 Å². The number of carbonyl (C=O) groups excluding carboxylic acids is 1. The molecule has 1 aliphatic carbocycles. The van der Waals surface area contributed by atoms with E-state index in [-0.39, 0.29) is 18.6 Å². The van der Waals surface area contributed by atoms with Crippen LogP contribution < -0.4 is 10.1 Å². The van der Waals surface area contributed by atoms with Crippen LogP contribution in [0.2, 0.25) is 0 Å². The van der Waals surface area contributed by atoms with E-state index in [1.54, 1.807) is 0 Å². The second kappa shape index (κ2) is 7.28. The number of ether oxygens (including phenoxy) is 1. The maximum Gasteiger partial charge on any atom is 0.258 e. The van der Waals surface area contributed by atoms with E-state index >= 15 is 0 Å². The number of rotatable bonds is 5. The summed E-state index contributed by atoms with van der Waals surface area (Å²) in [5.41, 5.74) is 4.03. The third-order valence-corrected chi connectivity index (χ3v) is 5.49. The molecule has 6 nitrogen and oxygen atoms in total. The van der Waals surface area contributed by atoms with Crippen LogP contribution in [0.15, 0.2) is 46.9 Å². The van der Waals surface area contributed by atoms with Crippen molar-refractivity contribution in [2.75, 3.05) is 6.61 Å². The summed E-state index contributed by atoms with van der Waals surface area (Å²) in [6.07, 6.45) is 4.41. The molecule has 29 heavy (non-hydrogen) atoms. The van der Waals surface area contributed by atoms with Crippen LogP contribution in [0.4, 0.5) is 0 Å². The van der Waals surface area contributed by atoms with Gasteiger partial charge in [0.05, 0.1) is 17.1 Å². The minimum atomic E-state index is -0.234. The number of carbonyl (C=O) groups is 1. The fourth-order valence-electron chi connectivity index (χ4n) is 4.01. The zero-order valence-electron chi connectivity index (χ0n) is 16.3. The number of amides is 1. The van der Waals surface area contributed by atoms with Gasteiger partial charge in [-0.2, -0.15) is 0 Å². The minimum absolute atomic E-state index is 0.0455. The molecule has 148 valence electrons. The third kappa shape index (κ3) is 3.46. The first kappa shape index (κ1) is 17.8. The highest BCUT2D eigenvalue weighted by Gasteiger charge is 2.18. The summed E-state index contributed by atoms with van der Waals surface area (Å²) in [6, 6.07) is 13.3. The molecule has 0 fully saturated rings. The molecule has 5 rings (SSSR count). The number of nitrogens with zero attached hydrogens (tertiary/aromatic N) is 1. The molecule has 1 amide bonds. The summed E-state index contributed by atoms with van der Waals surface area (Å²) in [5, 5.41) is 4.04. The molecule has 1 atom stereocenters. The first-order valence-electron chi connectivity index (χ1n) is 10.1. The lowest BCUT2D eigenvalue weighted by atomic mass is 9.96. The molecule has 2 aromatic carbocycles. The Morgan fingerprint density at radius 3 is 3.00 bits per heavy atom. The van der Waals surface area contributed by atoms with Crippen molar-refractivity contribution < 1.29 is 13.9 Å². The van der Waals surface area contributed by atoms with Crippen molar-refractivity contribution in [3.63, 3.8) is 0 Å². The number of furan rings is 1. The van der Waals surface area contributed by atoms with Crippen LogP contribution in [0.25, 0.3) is 22.0 Å². The van der Waals surface area contributed by atoms with Gasteiger partial charge in [0.15, 0.2) is 6.61 Å². The second-order valence-electron chi connectivity index (χ2n) is 7.59. The van der Waals surface area contributed by atoms with Crippen LogP contribution in [0, 0.1) is 0 Å². The number of para-hydroxylation sites is 2. The van der Waals surface area contributed by atoms with Crippen LogP contribution in [0.1, 0.15) is 43.0 Å². The predicted octanol–water partition coefficient (Wildman–Crippen LogP) is 4.44. The molecule has 0 saturated carbocycles. The number of fused-ring (bicyclic) bond motifs is 4. The van der Waals surface area contributed by atoms with Gasteiger partial charge in [-0.15, -0.1) is 0 Å². The highest BCUT2D eigenvalue weighted by Crippen LogP contribution is 2.33. The molecule has 0 bridgehead atoms. The van der Waals surface area contributed by atoms with Crippen molar-refractivity contribution in [1.29, 1.82) is 0 Å². The molecule has 1 unspecified atom stereocenters. The molecular weight excluding hydrogens is 366 g/mol. The van der Waals surface area contributed by atoms with Crippen molar-refractivity contribution in [1.82, 2.24) is 15.3 Å². The fraction of sp³-hybridized carbons (Fsp3) is 0.304. The first-order chi connectivity index (χ1) is 14.2. The Kier molecular flexibility index (Phi) is 4.46. The van der Waals surface area contributed by atoms with Gasteiger partial charge in [-0.05, 0) is 56.5 Å². The van der Waals surface area contributed by atoms with E-state index in [0.29, 0.717) is 5.75 Å². The summed E-state index contributed by atoms with van der Waals surface area (Å²) in [5.74, 6) is 2.32. The molecule has 1 aliphatic rings. The van der Waals surface area contributed by atoms with E-state index in [4.69, 9.17) is 9.15 Å². The van der Waals surface area contributed by atoms with E-state index in [2.05, 4.69) is 15.3 Å². The lowest BCUT2D eigenvalue weighted by molar-refractivity contribution is -0.123. The Balaban J connectivity index is 1.24. The lowest BCUT2D eigenvalue weighted by Gasteiger charge is -2.12. The number of aryl methyl sites for hydroxylation is 2. The Bertz CT molecular complexity index is 1160. The molecule has 2 heterocycles. The van der Waals surface area contributed by atoms with Crippen LogP contribution in [-0.4, -0.2) is 22.5 Å². The molecule has 0 saturated heterocycles. The smallest absolute Gasteiger partial charge is 0.258 e. The van der Waals surface area contributed by atoms with E-state index in [1.165, 1.54) is 18.4 Å². The topological polar surface area (TPSA) is 80.2 Å². The molecule has 4 aromatic rings. The normalized spacial score (nSPS) is 14.7. The number of aromatic nitrogens is 2. The third-order valence-electron chi connectivity index (χ3n) is 5.49. The summed E-state index contributed by atoms with van der Waals surface area (Å²) in [6.45, 7) is 1.86. The highest BCUT2D eigenvalue weighted by atomic mass is 16.5. The van der Waals surface area contributed by atoms with E-state index in [0.717, 1.165) is 46.4 Å². The molecule has 2 N–H and O–H groups in total. The summed E-state index contributed by atoms with van der Waals surface area (Å²) >= 11 is 0. The Labute approximate surface area is 168 Å². The second-order valence-corrected chi connectivity index (χ2v) is 7.59. The van der Waals surface area contributed by atoms with Gasteiger partial charge in [-0.3, -0.25) is 4.79 Å². The average molecular weight is 389 g/mol. The molecular formula is C23H23N3O3. The van der Waals surface area contributed by atoms with Gasteiger partial charge in [-0.1, -0.05) is 12.1 Å². The van der Waals surface area contributed by atoms with Gasteiger partial charge >= 0.3 is 0 Å². The Hall–Kier alpha value is -3.28. The van der Waals surface area contributed by atoms with Gasteiger partial charge in [0.2, 0.25) is 0 Å². The summed E-state index contributed by atoms with van der Waals surface area (Å²) < 4.78 is 11.7. The molecule has 0 aliphatic heterocycles. The highest BCUT2D eigenvalue weighted by molar-refractivity contribution is 5.84. The van der Waals surface area contributed by atoms with Gasteiger partial charge in [-0.25, -0.2) is 4.98 Å². The van der Waals surface area contributed by atoms with E-state index in [1.807, 2.05) is 49.4 Å². The average Bonchev–Trinajstić information content (AvgIpc) is 3.33. The Morgan fingerprint density at radius 2 is 2.10 bits per heavy atom. The van der Waals surface area contributed by atoms with Gasteiger partial charge in [0.1, 0.15) is 22.9 Å². The van der Waals surface area contributed by atoms with Crippen molar-refractivity contribution in [3.05, 3.63) is 59.6 Å². The standard InChI is InChI=1S/C23H23N3O3/c1-14(23-25-18-7-3-4-8-19(18)26-23)24-22(27)13-28-15-10-11-21-17(12-15)16-6-2-5-9-20(16)29-21/h3-4,7-8,10-12,14H,2,5-6,9,13H2,1H3,(H,24,27)(H,25,26). The maximum atomic E-state index is 12.4. The first-order valence-corrected chi connectivity index (χ1v) is 10.1. The fourth-order valence-corrected chi connectivity index (χ4v) is 4.01. The monoisotopic (exact) mass is 389 g/mol. The van der Waals surface area contributed by atoms with Crippen molar-refractivity contribution >= 4 is 27.9 Å². The van der Waals surface area contributed by atoms with Crippen LogP contribution in [-0.2, 0) is 17.6 Å². The molecule has 2 aromatic heterocycles. The van der Waals surface area contributed by atoms with Gasteiger partial charge < -0.3 is 19.5 Å². The Morgan fingerprint density at radius 1 is 1.24 bits per heavy atom. The van der Waals surface area contributed by atoms with Gasteiger partial charge in [0.25, 0.3) is 5.91 Å². The van der Waals surface area contributed by atoms with Gasteiger partial charge in [0, 0.05) is 17.4 Å². The number of aromatic amines is 1. The van der Waals surface area contributed by atoms with Crippen molar-refractivity contribution in [2.24, 2.45) is 0 Å².